The summed E-state index contributed by atoms with van der Waals surface area (Å²) in [6.07, 6.45) is 3.50. The van der Waals surface area contributed by atoms with Gasteiger partial charge in [-0.3, -0.25) is 4.98 Å². The average molecular weight is 408 g/mol. The number of hydrogen-bond donors (Lipinski definition) is 1. The van der Waals surface area contributed by atoms with Crippen molar-refractivity contribution in [3.63, 3.8) is 0 Å². The van der Waals surface area contributed by atoms with Crippen molar-refractivity contribution in [2.45, 2.75) is 0 Å². The molecule has 0 atom stereocenters. The molecule has 3 aromatic heterocycles. The fourth-order valence-corrected chi connectivity index (χ4v) is 2.96. The molecular weight excluding hydrogens is 395 g/mol. The third-order valence-corrected chi connectivity index (χ3v) is 4.05. The van der Waals surface area contributed by atoms with Crippen molar-refractivity contribution in [3.05, 3.63) is 28.4 Å². The van der Waals surface area contributed by atoms with Crippen LogP contribution in [0.3, 0.4) is 0 Å². The number of anilines is 1. The lowest BCUT2D eigenvalue weighted by molar-refractivity contribution is 0.122. The highest BCUT2D eigenvalue weighted by Gasteiger charge is 2.19. The molecule has 0 spiro atoms. The maximum atomic E-state index is 5.42. The summed E-state index contributed by atoms with van der Waals surface area (Å²) in [4.78, 5) is 23.2. The normalized spacial score (nSPS) is 15.4. The molecule has 1 fully saturated rings. The van der Waals surface area contributed by atoms with Crippen molar-refractivity contribution in [3.8, 4) is 11.4 Å². The smallest absolute Gasteiger partial charge is 0.194 e. The van der Waals surface area contributed by atoms with E-state index >= 15 is 0 Å². The second-order valence-electron chi connectivity index (χ2n) is 4.94. The number of rotatable bonds is 2. The molecule has 7 nitrogen and oxygen atoms in total. The maximum absolute atomic E-state index is 5.42. The fraction of sp³-hybridized carbons (Fsp3) is 0.286. The van der Waals surface area contributed by atoms with Crippen LogP contribution in [0.2, 0.25) is 0 Å². The van der Waals surface area contributed by atoms with E-state index in [0.717, 1.165) is 35.8 Å². The van der Waals surface area contributed by atoms with Crippen LogP contribution in [-0.4, -0.2) is 51.2 Å². The summed E-state index contributed by atoms with van der Waals surface area (Å²) in [5.74, 6) is 1.67. The first kappa shape index (κ1) is 13.8. The predicted molar refractivity (Wildman–Crippen MR) is 90.7 cm³/mol. The molecule has 0 aromatic carbocycles. The van der Waals surface area contributed by atoms with Crippen LogP contribution >= 0.6 is 22.6 Å². The first-order chi connectivity index (χ1) is 10.8. The summed E-state index contributed by atoms with van der Waals surface area (Å²) in [5.41, 5.74) is 2.54. The molecule has 0 amide bonds. The molecule has 0 unspecified atom stereocenters. The van der Waals surface area contributed by atoms with Gasteiger partial charge < -0.3 is 14.6 Å². The van der Waals surface area contributed by atoms with Gasteiger partial charge in [0.1, 0.15) is 11.3 Å². The summed E-state index contributed by atoms with van der Waals surface area (Å²) in [5, 5.41) is 0. The summed E-state index contributed by atoms with van der Waals surface area (Å²) in [7, 11) is 0. The van der Waals surface area contributed by atoms with E-state index in [4.69, 9.17) is 4.74 Å². The van der Waals surface area contributed by atoms with Gasteiger partial charge in [0.15, 0.2) is 15.3 Å². The number of H-pyrrole nitrogens is 1. The van der Waals surface area contributed by atoms with Crippen LogP contribution in [-0.2, 0) is 4.74 Å². The zero-order chi connectivity index (χ0) is 14.9. The Morgan fingerprint density at radius 3 is 2.64 bits per heavy atom. The monoisotopic (exact) mass is 408 g/mol. The maximum Gasteiger partial charge on any atom is 0.194 e. The van der Waals surface area contributed by atoms with Crippen molar-refractivity contribution in [1.82, 2.24) is 24.9 Å². The topological polar surface area (TPSA) is 79.8 Å². The van der Waals surface area contributed by atoms with E-state index in [-0.39, 0.29) is 0 Å². The number of pyridine rings is 1. The molecule has 0 bridgehead atoms. The van der Waals surface area contributed by atoms with Crippen LogP contribution in [0, 0.1) is 3.83 Å². The highest BCUT2D eigenvalue weighted by atomic mass is 127. The number of nitrogens with one attached hydrogen (secondary N) is 1. The summed E-state index contributed by atoms with van der Waals surface area (Å²) < 4.78 is 6.11. The third kappa shape index (κ3) is 2.52. The highest BCUT2D eigenvalue weighted by Crippen LogP contribution is 2.26. The van der Waals surface area contributed by atoms with Gasteiger partial charge in [-0.25, -0.2) is 15.0 Å². The lowest BCUT2D eigenvalue weighted by atomic mass is 10.2. The van der Waals surface area contributed by atoms with Crippen LogP contribution in [0.15, 0.2) is 24.5 Å². The Balaban J connectivity index is 1.84. The van der Waals surface area contributed by atoms with Crippen LogP contribution in [0.25, 0.3) is 22.6 Å². The SMILES string of the molecule is Ic1nc(N2CCOCC2)c2[nH]c(-c3ccncc3)nc2n1. The molecule has 0 aliphatic carbocycles. The molecule has 1 aliphatic rings. The standard InChI is InChI=1S/C14H13IN6O/c15-14-19-12-10(13(20-14)21-5-7-22-8-6-21)17-11(18-12)9-1-3-16-4-2-9/h1-4H,5-8H2,(H,17,18,19,20). The molecule has 1 aliphatic heterocycles. The zero-order valence-electron chi connectivity index (χ0n) is 11.7. The highest BCUT2D eigenvalue weighted by molar-refractivity contribution is 14.1. The summed E-state index contributed by atoms with van der Waals surface area (Å²) in [6, 6.07) is 3.84. The van der Waals surface area contributed by atoms with Gasteiger partial charge in [0.25, 0.3) is 0 Å². The van der Waals surface area contributed by atoms with E-state index in [1.54, 1.807) is 12.4 Å². The van der Waals surface area contributed by atoms with Crippen LogP contribution in [0.5, 0.6) is 0 Å². The van der Waals surface area contributed by atoms with Crippen molar-refractivity contribution >= 4 is 39.6 Å². The number of aromatic amines is 1. The zero-order valence-corrected chi connectivity index (χ0v) is 13.8. The number of morpholine rings is 1. The Morgan fingerprint density at radius 1 is 1.09 bits per heavy atom. The number of halogens is 1. The van der Waals surface area contributed by atoms with E-state index < -0.39 is 0 Å². The Labute approximate surface area is 140 Å². The van der Waals surface area contributed by atoms with Gasteiger partial charge in [-0.2, -0.15) is 0 Å². The third-order valence-electron chi connectivity index (χ3n) is 3.57. The largest absolute Gasteiger partial charge is 0.378 e. The van der Waals surface area contributed by atoms with Gasteiger partial charge in [-0.1, -0.05) is 0 Å². The molecule has 1 saturated heterocycles. The number of imidazole rings is 1. The quantitative estimate of drug-likeness (QED) is 0.515. The van der Waals surface area contributed by atoms with Gasteiger partial charge in [0.05, 0.1) is 13.2 Å². The Kier molecular flexibility index (Phi) is 3.62. The van der Waals surface area contributed by atoms with Crippen LogP contribution < -0.4 is 4.90 Å². The number of ether oxygens (including phenoxy) is 1. The summed E-state index contributed by atoms with van der Waals surface area (Å²) >= 11 is 2.13. The minimum absolute atomic E-state index is 0.688. The van der Waals surface area contributed by atoms with Gasteiger partial charge in [0.2, 0.25) is 0 Å². The first-order valence-corrected chi connectivity index (χ1v) is 8.05. The van der Waals surface area contributed by atoms with Gasteiger partial charge in [-0.15, -0.1) is 0 Å². The van der Waals surface area contributed by atoms with E-state index in [1.807, 2.05) is 12.1 Å². The number of aromatic nitrogens is 5. The molecule has 0 saturated carbocycles. The van der Waals surface area contributed by atoms with E-state index in [0.29, 0.717) is 22.7 Å². The lowest BCUT2D eigenvalue weighted by Gasteiger charge is -2.27. The molecule has 8 heteroatoms. The Morgan fingerprint density at radius 2 is 1.86 bits per heavy atom. The predicted octanol–water partition coefficient (Wildman–Crippen LogP) is 1.86. The van der Waals surface area contributed by atoms with Crippen LogP contribution in [0.4, 0.5) is 5.82 Å². The fourth-order valence-electron chi connectivity index (χ4n) is 2.51. The first-order valence-electron chi connectivity index (χ1n) is 6.97. The van der Waals surface area contributed by atoms with Crippen LogP contribution in [0.1, 0.15) is 0 Å². The summed E-state index contributed by atoms with van der Waals surface area (Å²) in [6.45, 7) is 3.08. The minimum Gasteiger partial charge on any atom is -0.378 e. The van der Waals surface area contributed by atoms with Crippen molar-refractivity contribution in [2.24, 2.45) is 0 Å². The molecule has 112 valence electrons. The molecule has 4 heterocycles. The Bertz CT molecular complexity index is 800. The van der Waals surface area contributed by atoms with Crippen molar-refractivity contribution < 1.29 is 4.74 Å². The number of hydrogen-bond acceptors (Lipinski definition) is 6. The van der Waals surface area contributed by atoms with E-state index in [9.17, 15) is 0 Å². The van der Waals surface area contributed by atoms with E-state index in [1.165, 1.54) is 0 Å². The average Bonchev–Trinajstić information content (AvgIpc) is 2.99. The van der Waals surface area contributed by atoms with Crippen molar-refractivity contribution in [2.75, 3.05) is 31.2 Å². The van der Waals surface area contributed by atoms with Gasteiger partial charge in [-0.05, 0) is 12.1 Å². The molecular formula is C14H13IN6O. The molecule has 3 aromatic rings. The molecule has 22 heavy (non-hydrogen) atoms. The Hall–Kier alpha value is -1.81. The van der Waals surface area contributed by atoms with Gasteiger partial charge in [0, 0.05) is 53.6 Å². The lowest BCUT2D eigenvalue weighted by Crippen LogP contribution is -2.37. The van der Waals surface area contributed by atoms with E-state index in [2.05, 4.69) is 52.4 Å². The molecule has 0 radical (unpaired) electrons. The number of nitrogens with zero attached hydrogens (tertiary/aromatic N) is 5. The molecule has 1 N–H and O–H groups in total. The van der Waals surface area contributed by atoms with Gasteiger partial charge >= 0.3 is 0 Å². The number of fused-ring (bicyclic) bond motifs is 1. The second kappa shape index (κ2) is 5.76. The second-order valence-corrected chi connectivity index (χ2v) is 5.90. The van der Waals surface area contributed by atoms with Crippen molar-refractivity contribution in [1.29, 1.82) is 0 Å². The molecule has 4 rings (SSSR count). The minimum atomic E-state index is 0.688.